The minimum Gasteiger partial charge on any atom is -0.363 e. The molecular formula is C20H21ClN2O2. The summed E-state index contributed by atoms with van der Waals surface area (Å²) in [4.78, 5) is 11.4. The summed E-state index contributed by atoms with van der Waals surface area (Å²) in [6.07, 6.45) is 4.18. The van der Waals surface area contributed by atoms with Gasteiger partial charge in [-0.05, 0) is 29.3 Å². The molecular weight excluding hydrogens is 336 g/mol. The highest BCUT2D eigenvalue weighted by Crippen LogP contribution is 2.30. The van der Waals surface area contributed by atoms with E-state index >= 15 is 0 Å². The van der Waals surface area contributed by atoms with Crippen LogP contribution in [0.25, 0.3) is 6.08 Å². The first kappa shape index (κ1) is 17.7. The first-order valence-corrected chi connectivity index (χ1v) is 8.81. The Balaban J connectivity index is 1.85. The smallest absolute Gasteiger partial charge is 0.239 e. The lowest BCUT2D eigenvalue weighted by atomic mass is 9.91. The summed E-state index contributed by atoms with van der Waals surface area (Å²) in [7, 11) is 0. The number of anilines is 1. The topological polar surface area (TPSA) is 50.4 Å². The largest absolute Gasteiger partial charge is 0.363 e. The van der Waals surface area contributed by atoms with Crippen molar-refractivity contribution in [2.75, 3.05) is 30.9 Å². The second kappa shape index (κ2) is 8.30. The molecule has 0 radical (unpaired) electrons. The molecule has 0 spiro atoms. The van der Waals surface area contributed by atoms with E-state index in [4.69, 9.17) is 16.3 Å². The number of alkyl halides is 1. The Kier molecular flexibility index (Phi) is 5.87. The monoisotopic (exact) mass is 356 g/mol. The number of hydrogen-bond donors (Lipinski definition) is 2. The van der Waals surface area contributed by atoms with Crippen molar-refractivity contribution in [3.8, 4) is 0 Å². The molecule has 1 atom stereocenters. The predicted octanol–water partition coefficient (Wildman–Crippen LogP) is 3.39. The average Bonchev–Trinajstić information content (AvgIpc) is 2.68. The summed E-state index contributed by atoms with van der Waals surface area (Å²) in [6, 6.07) is 17.8. The molecule has 1 amide bonds. The molecule has 0 aliphatic carbocycles. The van der Waals surface area contributed by atoms with Gasteiger partial charge in [-0.2, -0.15) is 0 Å². The fraction of sp³-hybridized carbons (Fsp3) is 0.250. The van der Waals surface area contributed by atoms with Crippen molar-refractivity contribution in [3.63, 3.8) is 0 Å². The molecule has 1 fully saturated rings. The number of benzene rings is 2. The van der Waals surface area contributed by atoms with Gasteiger partial charge in [0.1, 0.15) is 11.5 Å². The van der Waals surface area contributed by atoms with Crippen LogP contribution in [0.15, 0.2) is 60.7 Å². The lowest BCUT2D eigenvalue weighted by Gasteiger charge is -2.36. The fourth-order valence-corrected chi connectivity index (χ4v) is 2.91. The van der Waals surface area contributed by atoms with Crippen LogP contribution < -0.4 is 10.6 Å². The summed E-state index contributed by atoms with van der Waals surface area (Å²) in [5, 5.41) is 6.15. The summed E-state index contributed by atoms with van der Waals surface area (Å²) < 4.78 is 6.16. The molecule has 5 heteroatoms. The Morgan fingerprint density at radius 2 is 1.96 bits per heavy atom. The highest BCUT2D eigenvalue weighted by atomic mass is 35.5. The third-order valence-corrected chi connectivity index (χ3v) is 4.39. The van der Waals surface area contributed by atoms with Crippen molar-refractivity contribution in [1.82, 2.24) is 5.32 Å². The Hall–Kier alpha value is -2.14. The van der Waals surface area contributed by atoms with Crippen LogP contribution in [0.4, 0.5) is 5.69 Å². The predicted molar refractivity (Wildman–Crippen MR) is 102 cm³/mol. The van der Waals surface area contributed by atoms with Crippen LogP contribution >= 0.6 is 11.6 Å². The number of nitrogens with one attached hydrogen (secondary N) is 2. The van der Waals surface area contributed by atoms with Gasteiger partial charge >= 0.3 is 0 Å². The number of rotatable bonds is 5. The zero-order chi connectivity index (χ0) is 17.5. The molecule has 4 nitrogen and oxygen atoms in total. The molecule has 130 valence electrons. The van der Waals surface area contributed by atoms with Gasteiger partial charge in [-0.1, -0.05) is 48.5 Å². The van der Waals surface area contributed by atoms with E-state index in [-0.39, 0.29) is 11.8 Å². The summed E-state index contributed by atoms with van der Waals surface area (Å²) in [5.74, 6) is -0.276. The second-order valence-electron chi connectivity index (χ2n) is 5.92. The summed E-state index contributed by atoms with van der Waals surface area (Å²) in [5.41, 5.74) is 2.36. The third-order valence-electron chi connectivity index (χ3n) is 4.15. The molecule has 25 heavy (non-hydrogen) atoms. The molecule has 2 aromatic rings. The van der Waals surface area contributed by atoms with E-state index < -0.39 is 5.60 Å². The van der Waals surface area contributed by atoms with Gasteiger partial charge < -0.3 is 15.4 Å². The minimum absolute atomic E-state index is 0.0570. The van der Waals surface area contributed by atoms with E-state index in [1.807, 2.05) is 42.5 Å². The van der Waals surface area contributed by atoms with Crippen molar-refractivity contribution in [2.45, 2.75) is 5.60 Å². The fourth-order valence-electron chi connectivity index (χ4n) is 2.84. The normalized spacial score (nSPS) is 20.5. The van der Waals surface area contributed by atoms with E-state index in [9.17, 15) is 4.79 Å². The van der Waals surface area contributed by atoms with Crippen LogP contribution in [0.3, 0.4) is 0 Å². The first-order chi connectivity index (χ1) is 12.2. The average molecular weight is 357 g/mol. The number of morpholine rings is 1. The minimum atomic E-state index is -0.525. The molecule has 3 rings (SSSR count). The Morgan fingerprint density at radius 3 is 2.60 bits per heavy atom. The van der Waals surface area contributed by atoms with Gasteiger partial charge in [0.25, 0.3) is 0 Å². The number of hydrogen-bond acceptors (Lipinski definition) is 3. The first-order valence-electron chi connectivity index (χ1n) is 8.27. The number of halogens is 1. The highest BCUT2D eigenvalue weighted by molar-refractivity contribution is 6.29. The second-order valence-corrected chi connectivity index (χ2v) is 6.19. The maximum Gasteiger partial charge on any atom is 0.239 e. The van der Waals surface area contributed by atoms with Crippen LogP contribution in [-0.4, -0.2) is 31.5 Å². The van der Waals surface area contributed by atoms with Crippen LogP contribution in [-0.2, 0) is 15.1 Å². The SMILES string of the molecule is O=C(CCl)Nc1ccc(C2(C=Cc3ccccc3)CNCCO2)cc1. The van der Waals surface area contributed by atoms with Gasteiger partial charge in [-0.3, -0.25) is 4.79 Å². The Bertz CT molecular complexity index is 723. The van der Waals surface area contributed by atoms with Crippen LogP contribution in [0.2, 0.25) is 0 Å². The number of ether oxygens (including phenoxy) is 1. The van der Waals surface area contributed by atoms with Crippen LogP contribution in [0, 0.1) is 0 Å². The Labute approximate surface area is 152 Å². The highest BCUT2D eigenvalue weighted by Gasteiger charge is 2.32. The molecule has 1 aliphatic rings. The zero-order valence-electron chi connectivity index (χ0n) is 13.9. The summed E-state index contributed by atoms with van der Waals surface area (Å²) in [6.45, 7) is 2.18. The maximum atomic E-state index is 11.4. The molecule has 1 heterocycles. The van der Waals surface area contributed by atoms with Gasteiger partial charge in [-0.15, -0.1) is 11.6 Å². The lowest BCUT2D eigenvalue weighted by Crippen LogP contribution is -2.46. The third kappa shape index (κ3) is 4.48. The quantitative estimate of drug-likeness (QED) is 0.807. The Morgan fingerprint density at radius 1 is 1.20 bits per heavy atom. The van der Waals surface area contributed by atoms with Crippen molar-refractivity contribution in [3.05, 3.63) is 71.8 Å². The van der Waals surface area contributed by atoms with Crippen molar-refractivity contribution in [1.29, 1.82) is 0 Å². The zero-order valence-corrected chi connectivity index (χ0v) is 14.6. The van der Waals surface area contributed by atoms with E-state index in [1.165, 1.54) is 0 Å². The molecule has 0 bridgehead atoms. The van der Waals surface area contributed by atoms with Crippen molar-refractivity contribution >= 4 is 29.3 Å². The number of carbonyl (C=O) groups excluding carboxylic acids is 1. The van der Waals surface area contributed by atoms with E-state index in [0.29, 0.717) is 13.2 Å². The summed E-state index contributed by atoms with van der Waals surface area (Å²) >= 11 is 5.53. The maximum absolute atomic E-state index is 11.4. The van der Waals surface area contributed by atoms with Crippen molar-refractivity contribution in [2.24, 2.45) is 0 Å². The van der Waals surface area contributed by atoms with Gasteiger partial charge in [-0.25, -0.2) is 0 Å². The van der Waals surface area contributed by atoms with Crippen molar-refractivity contribution < 1.29 is 9.53 Å². The molecule has 2 N–H and O–H groups in total. The van der Waals surface area contributed by atoms with Gasteiger partial charge in [0.05, 0.1) is 6.61 Å². The molecule has 1 saturated heterocycles. The van der Waals surface area contributed by atoms with Gasteiger partial charge in [0.2, 0.25) is 5.91 Å². The molecule has 1 aliphatic heterocycles. The van der Waals surface area contributed by atoms with E-state index in [1.54, 1.807) is 0 Å². The number of amides is 1. The lowest BCUT2D eigenvalue weighted by molar-refractivity contribution is -0.113. The molecule has 0 aromatic heterocycles. The van der Waals surface area contributed by atoms with E-state index in [0.717, 1.165) is 23.4 Å². The molecule has 2 aromatic carbocycles. The van der Waals surface area contributed by atoms with Gasteiger partial charge in [0.15, 0.2) is 0 Å². The standard InChI is InChI=1S/C20H21ClN2O2/c21-14-19(24)23-18-8-6-17(7-9-18)20(15-22-12-13-25-20)11-10-16-4-2-1-3-5-16/h1-11,22H,12-15H2,(H,23,24). The van der Waals surface area contributed by atoms with Crippen LogP contribution in [0.1, 0.15) is 11.1 Å². The number of carbonyl (C=O) groups is 1. The molecule has 1 unspecified atom stereocenters. The van der Waals surface area contributed by atoms with Gasteiger partial charge in [0, 0.05) is 18.8 Å². The van der Waals surface area contributed by atoms with E-state index in [2.05, 4.69) is 34.9 Å². The molecule has 0 saturated carbocycles. The van der Waals surface area contributed by atoms with Crippen LogP contribution in [0.5, 0.6) is 0 Å².